The van der Waals surface area contributed by atoms with Crippen molar-refractivity contribution in [1.29, 1.82) is 5.41 Å². The van der Waals surface area contributed by atoms with E-state index in [-0.39, 0.29) is 47.4 Å². The normalized spacial score (nSPS) is 25.9. The van der Waals surface area contributed by atoms with Crippen LogP contribution in [0.15, 0.2) is 17.4 Å². The molecule has 3 heterocycles. The van der Waals surface area contributed by atoms with E-state index < -0.39 is 11.0 Å². The van der Waals surface area contributed by atoms with Gasteiger partial charge in [0.05, 0.1) is 5.41 Å². The minimum atomic E-state index is -0.876. The van der Waals surface area contributed by atoms with Crippen LogP contribution in [0.4, 0.5) is 10.6 Å². The Bertz CT molecular complexity index is 1320. The minimum absolute atomic E-state index is 0.0397. The van der Waals surface area contributed by atoms with Gasteiger partial charge in [-0.25, -0.2) is 9.78 Å². The number of likely N-dealkylation sites (tertiary alicyclic amines) is 1. The predicted octanol–water partition coefficient (Wildman–Crippen LogP) is 5.67. The molecule has 0 radical (unpaired) electrons. The van der Waals surface area contributed by atoms with Gasteiger partial charge in [-0.15, -0.1) is 0 Å². The number of likely N-dealkylation sites (N-methyl/N-ethyl adjacent to an activating group) is 1. The number of Topliss-reactive ketones (excluding diaryl/α,β-unsaturated/α-hetero) is 1. The van der Waals surface area contributed by atoms with Crippen LogP contribution >= 0.6 is 0 Å². The molecule has 2 aliphatic heterocycles. The number of allylic oxidation sites excluding steroid dienone is 2. The second kappa shape index (κ2) is 13.3. The number of carbonyl (C=O) groups is 2. The van der Waals surface area contributed by atoms with Gasteiger partial charge < -0.3 is 24.4 Å². The van der Waals surface area contributed by atoms with Crippen molar-refractivity contribution in [2.75, 3.05) is 38.6 Å². The third-order valence-corrected chi connectivity index (χ3v) is 10.2. The van der Waals surface area contributed by atoms with Gasteiger partial charge in [0.2, 0.25) is 5.88 Å². The van der Waals surface area contributed by atoms with Crippen molar-refractivity contribution in [2.45, 2.75) is 122 Å². The first-order valence-corrected chi connectivity index (χ1v) is 16.8. The molecule has 3 fully saturated rings. The summed E-state index contributed by atoms with van der Waals surface area (Å²) in [5, 5.41) is 20.7. The molecule has 248 valence electrons. The number of ketones is 1. The van der Waals surface area contributed by atoms with Gasteiger partial charge in [0.25, 0.3) is 0 Å². The number of amides is 1. The molecule has 11 nitrogen and oxygen atoms in total. The van der Waals surface area contributed by atoms with Crippen LogP contribution in [-0.2, 0) is 9.53 Å². The summed E-state index contributed by atoms with van der Waals surface area (Å²) in [6.07, 6.45) is 7.94. The Morgan fingerprint density at radius 3 is 2.44 bits per heavy atom. The fourth-order valence-corrected chi connectivity index (χ4v) is 7.59. The summed E-state index contributed by atoms with van der Waals surface area (Å²) in [5.74, 6) is 1.39. The third kappa shape index (κ3) is 7.13. The molecular formula is C34H52N6O5. The number of carbonyl (C=O) groups excluding carboxylic acids is 2. The average Bonchev–Trinajstić information content (AvgIpc) is 3.44. The minimum Gasteiger partial charge on any atom is -0.511 e. The Morgan fingerprint density at radius 2 is 1.80 bits per heavy atom. The fraction of sp³-hybridized carbons (Fsp3) is 0.735. The first-order chi connectivity index (χ1) is 21.3. The highest BCUT2D eigenvalue weighted by molar-refractivity contribution is 6.09. The number of aliphatic hydroxyl groups is 1. The van der Waals surface area contributed by atoms with Gasteiger partial charge in [-0.05, 0) is 99.1 Å². The van der Waals surface area contributed by atoms with Gasteiger partial charge in [-0.1, -0.05) is 6.42 Å². The summed E-state index contributed by atoms with van der Waals surface area (Å²) in [6, 6.07) is 2.16. The standard InChI is InChI=1S/C34H52N6O5/c1-22(25-12-10-18-38(25)5)44-28-21-27(40-19-14-23(15-20-40)39(6)32(43)45-33(2,3)4)36-31(37-28)29(35)24-11-9-17-34(30(24)42)16-8-7-13-26(34)41/h21-23,25,35,42H,7-20H2,1-6H3/t22-,25-,34+/m0/s1. The maximum atomic E-state index is 13.1. The molecule has 0 aromatic carbocycles. The SMILES string of the molecule is C[C@H](Oc1cc(N2CCC(N(C)C(=O)OC(C)(C)C)CC2)nc(C(=N)C2=C(O)[C@]3(CCCCC3=O)CCC2)n1)[C@@H]1CCCN1C. The van der Waals surface area contributed by atoms with Crippen molar-refractivity contribution in [2.24, 2.45) is 5.41 Å². The Hall–Kier alpha value is -3.21. The zero-order valence-electron chi connectivity index (χ0n) is 28.0. The lowest BCUT2D eigenvalue weighted by Crippen LogP contribution is -2.47. The first-order valence-electron chi connectivity index (χ1n) is 16.8. The number of nitrogens with zero attached hydrogens (tertiary/aromatic N) is 5. The molecule has 5 rings (SSSR count). The molecule has 1 saturated carbocycles. The number of rotatable bonds is 7. The van der Waals surface area contributed by atoms with Crippen LogP contribution < -0.4 is 9.64 Å². The predicted molar refractivity (Wildman–Crippen MR) is 173 cm³/mol. The Balaban J connectivity index is 1.41. The number of aromatic nitrogens is 2. The summed E-state index contributed by atoms with van der Waals surface area (Å²) in [5.41, 5.74) is -0.901. The molecule has 0 bridgehead atoms. The number of anilines is 1. The van der Waals surface area contributed by atoms with E-state index in [1.54, 1.807) is 11.9 Å². The van der Waals surface area contributed by atoms with E-state index in [9.17, 15) is 20.1 Å². The van der Waals surface area contributed by atoms with Gasteiger partial charge in [0.15, 0.2) is 5.82 Å². The summed E-state index contributed by atoms with van der Waals surface area (Å²) in [7, 11) is 3.91. The molecule has 45 heavy (non-hydrogen) atoms. The molecule has 2 saturated heterocycles. The monoisotopic (exact) mass is 624 g/mol. The Labute approximate surface area is 267 Å². The lowest BCUT2D eigenvalue weighted by molar-refractivity contribution is -0.131. The summed E-state index contributed by atoms with van der Waals surface area (Å²) < 4.78 is 12.0. The van der Waals surface area contributed by atoms with E-state index in [0.29, 0.717) is 56.0 Å². The van der Waals surface area contributed by atoms with E-state index in [2.05, 4.69) is 23.8 Å². The molecule has 1 spiro atoms. The van der Waals surface area contributed by atoms with Crippen molar-refractivity contribution in [3.8, 4) is 5.88 Å². The van der Waals surface area contributed by atoms with Gasteiger partial charge >= 0.3 is 6.09 Å². The largest absolute Gasteiger partial charge is 0.511 e. The third-order valence-electron chi connectivity index (χ3n) is 10.2. The highest BCUT2D eigenvalue weighted by Crippen LogP contribution is 2.48. The summed E-state index contributed by atoms with van der Waals surface area (Å²) in [4.78, 5) is 41.5. The lowest BCUT2D eigenvalue weighted by Gasteiger charge is -2.39. The van der Waals surface area contributed by atoms with Crippen molar-refractivity contribution < 1.29 is 24.2 Å². The Morgan fingerprint density at radius 1 is 1.09 bits per heavy atom. The van der Waals surface area contributed by atoms with E-state index in [0.717, 1.165) is 51.5 Å². The van der Waals surface area contributed by atoms with Crippen LogP contribution in [-0.4, -0.2) is 100.0 Å². The molecule has 2 aliphatic carbocycles. The molecular weight excluding hydrogens is 572 g/mol. The van der Waals surface area contributed by atoms with E-state index in [1.165, 1.54) is 0 Å². The van der Waals surface area contributed by atoms with Crippen LogP contribution in [0.25, 0.3) is 0 Å². The van der Waals surface area contributed by atoms with E-state index in [4.69, 9.17) is 19.4 Å². The summed E-state index contributed by atoms with van der Waals surface area (Å²) in [6.45, 7) is 10.0. The van der Waals surface area contributed by atoms with Crippen molar-refractivity contribution in [3.05, 3.63) is 23.2 Å². The van der Waals surface area contributed by atoms with Crippen molar-refractivity contribution in [3.63, 3.8) is 0 Å². The number of nitrogens with one attached hydrogen (secondary N) is 1. The topological polar surface area (TPSA) is 132 Å². The summed E-state index contributed by atoms with van der Waals surface area (Å²) >= 11 is 0. The second-order valence-corrected chi connectivity index (χ2v) is 14.5. The highest BCUT2D eigenvalue weighted by Gasteiger charge is 2.47. The molecule has 3 atom stereocenters. The maximum absolute atomic E-state index is 13.1. The molecule has 1 aromatic rings. The lowest BCUT2D eigenvalue weighted by atomic mass is 9.64. The van der Waals surface area contributed by atoms with Crippen LogP contribution in [0.3, 0.4) is 0 Å². The Kier molecular flexibility index (Phi) is 9.77. The van der Waals surface area contributed by atoms with Crippen LogP contribution in [0.5, 0.6) is 5.88 Å². The van der Waals surface area contributed by atoms with E-state index in [1.807, 2.05) is 26.8 Å². The molecule has 1 amide bonds. The quantitative estimate of drug-likeness (QED) is 0.369. The maximum Gasteiger partial charge on any atom is 0.410 e. The molecule has 0 unspecified atom stereocenters. The average molecular weight is 625 g/mol. The van der Waals surface area contributed by atoms with Gasteiger partial charge in [-0.2, -0.15) is 4.98 Å². The van der Waals surface area contributed by atoms with Crippen LogP contribution in [0, 0.1) is 10.8 Å². The van der Waals surface area contributed by atoms with Crippen molar-refractivity contribution >= 4 is 23.4 Å². The smallest absolute Gasteiger partial charge is 0.410 e. The molecule has 2 N–H and O–H groups in total. The zero-order valence-corrected chi connectivity index (χ0v) is 28.0. The number of aliphatic hydroxyl groups excluding tert-OH is 1. The second-order valence-electron chi connectivity index (χ2n) is 14.5. The molecule has 11 heteroatoms. The van der Waals surface area contributed by atoms with Crippen LogP contribution in [0.2, 0.25) is 0 Å². The molecule has 4 aliphatic rings. The zero-order chi connectivity index (χ0) is 32.5. The van der Waals surface area contributed by atoms with Gasteiger partial charge in [0, 0.05) is 50.3 Å². The van der Waals surface area contributed by atoms with Crippen LogP contribution in [0.1, 0.15) is 104 Å². The van der Waals surface area contributed by atoms with Gasteiger partial charge in [-0.3, -0.25) is 15.1 Å². The number of piperidine rings is 1. The number of ether oxygens (including phenoxy) is 2. The van der Waals surface area contributed by atoms with Crippen molar-refractivity contribution in [1.82, 2.24) is 19.8 Å². The van der Waals surface area contributed by atoms with Gasteiger partial charge in [0.1, 0.15) is 34.8 Å². The first kappa shape index (κ1) is 33.2. The highest BCUT2D eigenvalue weighted by atomic mass is 16.6. The van der Waals surface area contributed by atoms with E-state index >= 15 is 0 Å². The number of hydrogen-bond donors (Lipinski definition) is 2. The fourth-order valence-electron chi connectivity index (χ4n) is 7.59. The molecule has 1 aromatic heterocycles. The number of hydrogen-bond acceptors (Lipinski definition) is 10.